The molecule has 0 N–H and O–H groups in total. The van der Waals surface area contributed by atoms with Crippen molar-refractivity contribution in [3.8, 4) is 0 Å². The van der Waals surface area contributed by atoms with Gasteiger partial charge in [-0.2, -0.15) is 0 Å². The molecule has 0 spiro atoms. The molecule has 0 fully saturated rings. The van der Waals surface area contributed by atoms with E-state index in [1.165, 1.54) is 0 Å². The van der Waals surface area contributed by atoms with Gasteiger partial charge in [-0.3, -0.25) is 4.79 Å². The Balaban J connectivity index is 2.59. The summed E-state index contributed by atoms with van der Waals surface area (Å²) in [6.45, 7) is 6.07. The van der Waals surface area contributed by atoms with E-state index in [1.54, 1.807) is 0 Å². The van der Waals surface area contributed by atoms with Crippen molar-refractivity contribution in [1.82, 2.24) is 0 Å². The van der Waals surface area contributed by atoms with Crippen LogP contribution in [0.4, 0.5) is 0 Å². The van der Waals surface area contributed by atoms with Crippen LogP contribution in [0.1, 0.15) is 45.3 Å². The predicted octanol–water partition coefficient (Wildman–Crippen LogP) is 3.73. The first-order chi connectivity index (χ1) is 7.63. The Hall–Kier alpha value is -1.31. The van der Waals surface area contributed by atoms with Crippen LogP contribution in [0.3, 0.4) is 0 Å². The van der Waals surface area contributed by atoms with Gasteiger partial charge in [-0.05, 0) is 17.9 Å². The molecule has 16 heavy (non-hydrogen) atoms. The molecule has 0 heterocycles. The van der Waals surface area contributed by atoms with Crippen molar-refractivity contribution in [3.63, 3.8) is 0 Å². The third-order valence-corrected chi connectivity index (χ3v) is 2.39. The Morgan fingerprint density at radius 2 is 1.88 bits per heavy atom. The van der Waals surface area contributed by atoms with Crippen molar-refractivity contribution in [3.05, 3.63) is 35.9 Å². The van der Waals surface area contributed by atoms with E-state index < -0.39 is 0 Å². The first kappa shape index (κ1) is 12.8. The van der Waals surface area contributed by atoms with E-state index in [-0.39, 0.29) is 12.1 Å². The molecule has 0 amide bonds. The van der Waals surface area contributed by atoms with Crippen LogP contribution in [0, 0.1) is 5.92 Å². The second-order valence-electron chi connectivity index (χ2n) is 4.40. The number of esters is 1. The molecule has 1 rings (SSSR count). The molecule has 1 aromatic carbocycles. The summed E-state index contributed by atoms with van der Waals surface area (Å²) in [4.78, 5) is 11.6. The third-order valence-electron chi connectivity index (χ3n) is 2.39. The molecule has 0 bridgehead atoms. The van der Waals surface area contributed by atoms with E-state index in [0.717, 1.165) is 12.0 Å². The minimum absolute atomic E-state index is 0.104. The quantitative estimate of drug-likeness (QED) is 0.707. The van der Waals surface area contributed by atoms with E-state index in [9.17, 15) is 4.79 Å². The first-order valence-electron chi connectivity index (χ1n) is 5.88. The van der Waals surface area contributed by atoms with E-state index >= 15 is 0 Å². The van der Waals surface area contributed by atoms with Gasteiger partial charge in [-0.25, -0.2) is 0 Å². The largest absolute Gasteiger partial charge is 0.457 e. The molecule has 1 atom stereocenters. The summed E-state index contributed by atoms with van der Waals surface area (Å²) in [5.41, 5.74) is 1.07. The van der Waals surface area contributed by atoms with E-state index in [1.807, 2.05) is 51.1 Å². The molecule has 0 saturated carbocycles. The Labute approximate surface area is 97.6 Å². The van der Waals surface area contributed by atoms with Crippen molar-refractivity contribution in [1.29, 1.82) is 0 Å². The van der Waals surface area contributed by atoms with E-state index in [0.29, 0.717) is 12.3 Å². The van der Waals surface area contributed by atoms with Crippen molar-refractivity contribution < 1.29 is 9.53 Å². The fourth-order valence-corrected chi connectivity index (χ4v) is 1.59. The fraction of sp³-hybridized carbons (Fsp3) is 0.500. The van der Waals surface area contributed by atoms with Crippen molar-refractivity contribution in [2.75, 3.05) is 0 Å². The van der Waals surface area contributed by atoms with Gasteiger partial charge in [0.15, 0.2) is 0 Å². The van der Waals surface area contributed by atoms with E-state index in [4.69, 9.17) is 4.74 Å². The Morgan fingerprint density at radius 3 is 2.38 bits per heavy atom. The zero-order valence-corrected chi connectivity index (χ0v) is 10.3. The lowest BCUT2D eigenvalue weighted by Crippen LogP contribution is -2.12. The summed E-state index contributed by atoms with van der Waals surface area (Å²) in [6.07, 6.45) is 1.20. The lowest BCUT2D eigenvalue weighted by molar-refractivity contribution is -0.150. The van der Waals surface area contributed by atoms with Crippen LogP contribution in [0.15, 0.2) is 30.3 Å². The summed E-state index contributed by atoms with van der Waals surface area (Å²) in [7, 11) is 0. The molecule has 0 aliphatic heterocycles. The maximum Gasteiger partial charge on any atom is 0.306 e. The highest BCUT2D eigenvalue weighted by Crippen LogP contribution is 2.21. The SMILES string of the molecule is CC[C@@H](OC(=O)CC(C)C)c1ccccc1. The van der Waals surface area contributed by atoms with Crippen LogP contribution in [0.2, 0.25) is 0 Å². The van der Waals surface area contributed by atoms with Crippen LogP contribution in [-0.4, -0.2) is 5.97 Å². The normalized spacial score (nSPS) is 12.5. The fourth-order valence-electron chi connectivity index (χ4n) is 1.59. The van der Waals surface area contributed by atoms with Crippen molar-refractivity contribution in [2.24, 2.45) is 5.92 Å². The molecule has 0 aliphatic rings. The Kier molecular flexibility index (Phi) is 5.03. The highest BCUT2D eigenvalue weighted by atomic mass is 16.5. The highest BCUT2D eigenvalue weighted by molar-refractivity contribution is 5.69. The minimum Gasteiger partial charge on any atom is -0.457 e. The van der Waals surface area contributed by atoms with Gasteiger partial charge in [0, 0.05) is 6.42 Å². The molecule has 0 unspecified atom stereocenters. The van der Waals surface area contributed by atoms with Crippen molar-refractivity contribution >= 4 is 5.97 Å². The summed E-state index contributed by atoms with van der Waals surface area (Å²) in [5.74, 6) is 0.242. The van der Waals surface area contributed by atoms with Gasteiger partial charge < -0.3 is 4.74 Å². The van der Waals surface area contributed by atoms with Crippen LogP contribution < -0.4 is 0 Å². The predicted molar refractivity (Wildman–Crippen MR) is 65.0 cm³/mol. The Bertz CT molecular complexity index is 317. The number of hydrogen-bond acceptors (Lipinski definition) is 2. The minimum atomic E-state index is -0.106. The van der Waals surface area contributed by atoms with Gasteiger partial charge in [0.25, 0.3) is 0 Å². The lowest BCUT2D eigenvalue weighted by atomic mass is 10.1. The molecule has 2 nitrogen and oxygen atoms in total. The zero-order valence-electron chi connectivity index (χ0n) is 10.3. The topological polar surface area (TPSA) is 26.3 Å². The molecule has 0 radical (unpaired) electrons. The zero-order chi connectivity index (χ0) is 12.0. The maximum atomic E-state index is 11.6. The second-order valence-corrected chi connectivity index (χ2v) is 4.40. The highest BCUT2D eigenvalue weighted by Gasteiger charge is 2.15. The standard InChI is InChI=1S/C14H20O2/c1-4-13(12-8-6-5-7-9-12)16-14(15)10-11(2)3/h5-9,11,13H,4,10H2,1-3H3/t13-/m1/s1. The van der Waals surface area contributed by atoms with Gasteiger partial charge in [0.2, 0.25) is 0 Å². The monoisotopic (exact) mass is 220 g/mol. The first-order valence-corrected chi connectivity index (χ1v) is 5.88. The Morgan fingerprint density at radius 1 is 1.25 bits per heavy atom. The molecule has 0 saturated heterocycles. The maximum absolute atomic E-state index is 11.6. The molecular weight excluding hydrogens is 200 g/mol. The summed E-state index contributed by atoms with van der Waals surface area (Å²) in [6, 6.07) is 9.89. The number of rotatable bonds is 5. The van der Waals surface area contributed by atoms with Crippen LogP contribution in [0.5, 0.6) is 0 Å². The number of carbonyl (C=O) groups excluding carboxylic acids is 1. The molecule has 0 aliphatic carbocycles. The molecule has 1 aromatic rings. The van der Waals surface area contributed by atoms with Gasteiger partial charge in [0.1, 0.15) is 6.10 Å². The van der Waals surface area contributed by atoms with Crippen molar-refractivity contribution in [2.45, 2.75) is 39.7 Å². The summed E-state index contributed by atoms with van der Waals surface area (Å²) in [5, 5.41) is 0. The molecule has 2 heteroatoms. The third kappa shape index (κ3) is 4.05. The van der Waals surface area contributed by atoms with Crippen LogP contribution in [-0.2, 0) is 9.53 Å². The number of hydrogen-bond donors (Lipinski definition) is 0. The van der Waals surface area contributed by atoms with Gasteiger partial charge in [-0.1, -0.05) is 51.1 Å². The van der Waals surface area contributed by atoms with Crippen LogP contribution in [0.25, 0.3) is 0 Å². The number of carbonyl (C=O) groups is 1. The van der Waals surface area contributed by atoms with Gasteiger partial charge >= 0.3 is 5.97 Å². The second kappa shape index (κ2) is 6.31. The van der Waals surface area contributed by atoms with Gasteiger partial charge in [0.05, 0.1) is 0 Å². The number of benzene rings is 1. The van der Waals surface area contributed by atoms with Gasteiger partial charge in [-0.15, -0.1) is 0 Å². The lowest BCUT2D eigenvalue weighted by Gasteiger charge is -2.17. The molecule has 88 valence electrons. The number of ether oxygens (including phenoxy) is 1. The summed E-state index contributed by atoms with van der Waals surface area (Å²) < 4.78 is 5.46. The smallest absolute Gasteiger partial charge is 0.306 e. The average molecular weight is 220 g/mol. The average Bonchev–Trinajstić information content (AvgIpc) is 2.26. The molecule has 0 aromatic heterocycles. The molecular formula is C14H20O2. The van der Waals surface area contributed by atoms with E-state index in [2.05, 4.69) is 0 Å². The summed E-state index contributed by atoms with van der Waals surface area (Å²) >= 11 is 0. The van der Waals surface area contributed by atoms with Crippen LogP contribution >= 0.6 is 0 Å².